The Morgan fingerprint density at radius 3 is 2.46 bits per heavy atom. The summed E-state index contributed by atoms with van der Waals surface area (Å²) in [5.74, 6) is 2.82. The fourth-order valence-electron chi connectivity index (χ4n) is 1.34. The molecule has 0 radical (unpaired) electrons. The molecular formula is C13H16. The second-order valence-corrected chi connectivity index (χ2v) is 4.13. The summed E-state index contributed by atoms with van der Waals surface area (Å²) in [5.41, 5.74) is 2.64. The molecule has 0 aromatic heterocycles. The highest BCUT2D eigenvalue weighted by atomic mass is 14.2. The van der Waals surface area contributed by atoms with E-state index in [1.54, 1.807) is 0 Å². The molecule has 0 bridgehead atoms. The standard InChI is InChI=1S/C13H16/c1-5-13(3,4)10-12-9-7-6-8-11(12)2/h1,6-9H,10H2,2-4H3. The third kappa shape index (κ3) is 2.63. The lowest BCUT2D eigenvalue weighted by molar-refractivity contribution is 0.500. The first-order valence-electron chi connectivity index (χ1n) is 4.57. The van der Waals surface area contributed by atoms with Crippen molar-refractivity contribution in [2.75, 3.05) is 0 Å². The smallest absolute Gasteiger partial charge is 0.0296 e. The first kappa shape index (κ1) is 9.86. The van der Waals surface area contributed by atoms with Crippen LogP contribution in [0.4, 0.5) is 0 Å². The van der Waals surface area contributed by atoms with Gasteiger partial charge in [-0.15, -0.1) is 12.3 Å². The second kappa shape index (κ2) is 3.66. The van der Waals surface area contributed by atoms with Crippen molar-refractivity contribution in [3.8, 4) is 12.3 Å². The molecule has 0 unspecified atom stereocenters. The Morgan fingerprint density at radius 2 is 1.92 bits per heavy atom. The molecule has 68 valence electrons. The van der Waals surface area contributed by atoms with Gasteiger partial charge in [-0.2, -0.15) is 0 Å². The summed E-state index contributed by atoms with van der Waals surface area (Å²) in [7, 11) is 0. The normalized spacial score (nSPS) is 10.9. The highest BCUT2D eigenvalue weighted by Crippen LogP contribution is 2.22. The molecule has 0 aliphatic heterocycles. The van der Waals surface area contributed by atoms with Gasteiger partial charge in [0.15, 0.2) is 0 Å². The van der Waals surface area contributed by atoms with Crippen LogP contribution in [-0.4, -0.2) is 0 Å². The summed E-state index contributed by atoms with van der Waals surface area (Å²) in [4.78, 5) is 0. The largest absolute Gasteiger partial charge is 0.120 e. The predicted octanol–water partition coefficient (Wildman–Crippen LogP) is 3.20. The molecule has 0 aliphatic carbocycles. The van der Waals surface area contributed by atoms with Crippen LogP contribution in [-0.2, 0) is 6.42 Å². The molecular weight excluding hydrogens is 156 g/mol. The van der Waals surface area contributed by atoms with Gasteiger partial charge in [-0.1, -0.05) is 24.3 Å². The fraction of sp³-hybridized carbons (Fsp3) is 0.385. The minimum atomic E-state index is -0.0356. The number of hydrogen-bond donors (Lipinski definition) is 0. The Kier molecular flexibility index (Phi) is 2.78. The number of benzene rings is 1. The van der Waals surface area contributed by atoms with Crippen LogP contribution in [0.3, 0.4) is 0 Å². The van der Waals surface area contributed by atoms with E-state index in [-0.39, 0.29) is 5.41 Å². The summed E-state index contributed by atoms with van der Waals surface area (Å²) in [6.45, 7) is 6.32. The topological polar surface area (TPSA) is 0 Å². The van der Waals surface area contributed by atoms with Crippen molar-refractivity contribution in [2.45, 2.75) is 27.2 Å². The van der Waals surface area contributed by atoms with Crippen LogP contribution in [0.2, 0.25) is 0 Å². The van der Waals surface area contributed by atoms with Crippen molar-refractivity contribution < 1.29 is 0 Å². The molecule has 0 atom stereocenters. The molecule has 0 fully saturated rings. The van der Waals surface area contributed by atoms with Gasteiger partial charge < -0.3 is 0 Å². The number of rotatable bonds is 2. The van der Waals surface area contributed by atoms with E-state index < -0.39 is 0 Å². The maximum Gasteiger partial charge on any atom is 0.0296 e. The Morgan fingerprint density at radius 1 is 1.31 bits per heavy atom. The molecule has 0 heteroatoms. The van der Waals surface area contributed by atoms with Crippen LogP contribution in [0.15, 0.2) is 24.3 Å². The Bertz CT molecular complexity index is 326. The fourth-order valence-corrected chi connectivity index (χ4v) is 1.34. The van der Waals surface area contributed by atoms with E-state index in [1.807, 2.05) is 0 Å². The van der Waals surface area contributed by atoms with Gasteiger partial charge in [-0.3, -0.25) is 0 Å². The van der Waals surface area contributed by atoms with E-state index in [0.717, 1.165) is 6.42 Å². The van der Waals surface area contributed by atoms with Crippen LogP contribution in [0.25, 0.3) is 0 Å². The monoisotopic (exact) mass is 172 g/mol. The van der Waals surface area contributed by atoms with Crippen molar-refractivity contribution in [3.05, 3.63) is 35.4 Å². The molecule has 0 N–H and O–H groups in total. The first-order valence-corrected chi connectivity index (χ1v) is 4.57. The van der Waals surface area contributed by atoms with Crippen molar-refractivity contribution in [1.82, 2.24) is 0 Å². The second-order valence-electron chi connectivity index (χ2n) is 4.13. The number of aryl methyl sites for hydroxylation is 1. The summed E-state index contributed by atoms with van der Waals surface area (Å²) < 4.78 is 0. The molecule has 0 saturated carbocycles. The van der Waals surface area contributed by atoms with Gasteiger partial charge in [0.25, 0.3) is 0 Å². The summed E-state index contributed by atoms with van der Waals surface area (Å²) >= 11 is 0. The molecule has 0 spiro atoms. The maximum absolute atomic E-state index is 5.45. The van der Waals surface area contributed by atoms with Crippen molar-refractivity contribution in [1.29, 1.82) is 0 Å². The lowest BCUT2D eigenvalue weighted by atomic mass is 9.85. The zero-order valence-electron chi connectivity index (χ0n) is 8.59. The predicted molar refractivity (Wildman–Crippen MR) is 57.5 cm³/mol. The van der Waals surface area contributed by atoms with Gasteiger partial charge in [0.1, 0.15) is 0 Å². The Hall–Kier alpha value is -1.22. The highest BCUT2D eigenvalue weighted by Gasteiger charge is 2.15. The molecule has 13 heavy (non-hydrogen) atoms. The molecule has 1 aromatic carbocycles. The molecule has 0 heterocycles. The molecule has 1 aromatic rings. The minimum Gasteiger partial charge on any atom is -0.120 e. The van der Waals surface area contributed by atoms with Crippen molar-refractivity contribution in [2.24, 2.45) is 5.41 Å². The van der Waals surface area contributed by atoms with E-state index in [4.69, 9.17) is 6.42 Å². The molecule has 0 amide bonds. The van der Waals surface area contributed by atoms with Gasteiger partial charge in [-0.25, -0.2) is 0 Å². The lowest BCUT2D eigenvalue weighted by Crippen LogP contribution is -2.12. The zero-order valence-corrected chi connectivity index (χ0v) is 8.59. The number of hydrogen-bond acceptors (Lipinski definition) is 0. The summed E-state index contributed by atoms with van der Waals surface area (Å²) in [5, 5.41) is 0. The third-order valence-electron chi connectivity index (χ3n) is 2.28. The average Bonchev–Trinajstić information content (AvgIpc) is 2.09. The van der Waals surface area contributed by atoms with Crippen LogP contribution in [0, 0.1) is 24.7 Å². The Balaban J connectivity index is 2.88. The van der Waals surface area contributed by atoms with Crippen LogP contribution in [0.1, 0.15) is 25.0 Å². The first-order chi connectivity index (χ1) is 6.05. The van der Waals surface area contributed by atoms with Crippen molar-refractivity contribution in [3.63, 3.8) is 0 Å². The van der Waals surface area contributed by atoms with E-state index in [0.29, 0.717) is 0 Å². The van der Waals surface area contributed by atoms with E-state index in [2.05, 4.69) is 51.0 Å². The lowest BCUT2D eigenvalue weighted by Gasteiger charge is -2.18. The minimum absolute atomic E-state index is 0.0356. The van der Waals surface area contributed by atoms with E-state index >= 15 is 0 Å². The maximum atomic E-state index is 5.45. The van der Waals surface area contributed by atoms with Crippen LogP contribution in [0.5, 0.6) is 0 Å². The zero-order chi connectivity index (χ0) is 9.90. The van der Waals surface area contributed by atoms with Crippen LogP contribution < -0.4 is 0 Å². The number of terminal acetylenes is 1. The van der Waals surface area contributed by atoms with Gasteiger partial charge in [-0.05, 0) is 38.3 Å². The summed E-state index contributed by atoms with van der Waals surface area (Å²) in [6, 6.07) is 8.40. The molecule has 1 rings (SSSR count). The SMILES string of the molecule is C#CC(C)(C)Cc1ccccc1C. The van der Waals surface area contributed by atoms with Gasteiger partial charge in [0.2, 0.25) is 0 Å². The Labute approximate surface area is 81.0 Å². The van der Waals surface area contributed by atoms with E-state index in [1.165, 1.54) is 11.1 Å². The highest BCUT2D eigenvalue weighted by molar-refractivity contribution is 5.28. The van der Waals surface area contributed by atoms with Gasteiger partial charge in [0.05, 0.1) is 0 Å². The third-order valence-corrected chi connectivity index (χ3v) is 2.28. The van der Waals surface area contributed by atoms with E-state index in [9.17, 15) is 0 Å². The average molecular weight is 172 g/mol. The molecule has 0 nitrogen and oxygen atoms in total. The molecule has 0 aliphatic rings. The quantitative estimate of drug-likeness (QED) is 0.601. The van der Waals surface area contributed by atoms with Crippen LogP contribution >= 0.6 is 0 Å². The van der Waals surface area contributed by atoms with Crippen molar-refractivity contribution >= 4 is 0 Å². The molecule has 0 saturated heterocycles. The van der Waals surface area contributed by atoms with Gasteiger partial charge >= 0.3 is 0 Å². The van der Waals surface area contributed by atoms with Gasteiger partial charge in [0, 0.05) is 5.41 Å². The summed E-state index contributed by atoms with van der Waals surface area (Å²) in [6.07, 6.45) is 6.41.